The lowest BCUT2D eigenvalue weighted by atomic mass is 9.92. The van der Waals surface area contributed by atoms with Gasteiger partial charge in [-0.15, -0.1) is 0 Å². The average molecular weight is 403 g/mol. The van der Waals surface area contributed by atoms with Gasteiger partial charge in [0, 0.05) is 12.2 Å². The largest absolute Gasteiger partial charge is 0.333 e. The van der Waals surface area contributed by atoms with E-state index in [0.717, 1.165) is 6.54 Å². The number of hydrogen-bond acceptors (Lipinski definition) is 2. The van der Waals surface area contributed by atoms with Crippen molar-refractivity contribution in [3.8, 4) is 0 Å². The van der Waals surface area contributed by atoms with Gasteiger partial charge in [-0.3, -0.25) is 4.79 Å². The average Bonchev–Trinajstić information content (AvgIpc) is 3.06. The van der Waals surface area contributed by atoms with Crippen LogP contribution in [0, 0.1) is 11.8 Å². The zero-order valence-electron chi connectivity index (χ0n) is 14.4. The third-order valence-corrected chi connectivity index (χ3v) is 4.47. The molecule has 2 atom stereocenters. The predicted octanol–water partition coefficient (Wildman–Crippen LogP) is 5.00. The molecule has 1 aliphatic heterocycles. The van der Waals surface area contributed by atoms with Crippen LogP contribution in [0.15, 0.2) is 70.5 Å². The number of carbonyl (C=O) groups is 1. The van der Waals surface area contributed by atoms with E-state index in [1.54, 1.807) is 19.1 Å². The van der Waals surface area contributed by atoms with Crippen molar-refractivity contribution >= 4 is 29.6 Å². The van der Waals surface area contributed by atoms with Crippen LogP contribution in [0.25, 0.3) is 0 Å². The molecule has 26 heavy (non-hydrogen) atoms. The Morgan fingerprint density at radius 1 is 1.23 bits per heavy atom. The molecule has 0 unspecified atom stereocenters. The third-order valence-electron chi connectivity index (χ3n) is 3.85. The lowest BCUT2D eigenvalue weighted by Gasteiger charge is -2.12. The smallest absolute Gasteiger partial charge is 0.211 e. The topological polar surface area (TPSA) is 41.1 Å². The maximum absolute atomic E-state index is 14.0. The molecule has 0 aliphatic carbocycles. The van der Waals surface area contributed by atoms with E-state index in [-0.39, 0.29) is 21.9 Å². The Kier molecular flexibility index (Phi) is 10.2. The first kappa shape index (κ1) is 22.4. The van der Waals surface area contributed by atoms with Gasteiger partial charge in [0.15, 0.2) is 0 Å². The molecule has 0 aromatic rings. The summed E-state index contributed by atoms with van der Waals surface area (Å²) in [5, 5.41) is 5.49. The van der Waals surface area contributed by atoms with E-state index >= 15 is 0 Å². The maximum Gasteiger partial charge on any atom is 0.211 e. The minimum absolute atomic E-state index is 0.0310. The summed E-state index contributed by atoms with van der Waals surface area (Å²) in [5.41, 5.74) is 0.437. The molecule has 0 aromatic carbocycles. The number of carbonyl (C=O) groups excluding carboxylic acids is 1. The standard InChI is InChI=1S/C19H22Cl2F2N2O/c1-3-16(20)18(22)6-4-5-14-10-24-11-15(14)7-8-19(23)17(21)9-13(2)25-12-26/h3-4,6-9,12,14-15,24H,1,5,10-11H2,2H3,(H,25,26)/b6-4-,8-7+,13-9+,18-16-,19-17-/t14-,15+/m0/s1. The fourth-order valence-corrected chi connectivity index (χ4v) is 2.73. The fourth-order valence-electron chi connectivity index (χ4n) is 2.44. The van der Waals surface area contributed by atoms with E-state index < -0.39 is 11.7 Å². The Bertz CT molecular complexity index is 666. The number of nitrogens with one attached hydrogen (secondary N) is 2. The van der Waals surface area contributed by atoms with E-state index in [1.165, 1.54) is 24.3 Å². The highest BCUT2D eigenvalue weighted by atomic mass is 35.5. The van der Waals surface area contributed by atoms with Crippen LogP contribution >= 0.6 is 23.2 Å². The summed E-state index contributed by atoms with van der Waals surface area (Å²) in [6, 6.07) is 0. The lowest BCUT2D eigenvalue weighted by Crippen LogP contribution is -2.09. The summed E-state index contributed by atoms with van der Waals surface area (Å²) in [4.78, 5) is 10.3. The molecule has 0 spiro atoms. The molecule has 1 fully saturated rings. The number of halogens is 4. The molecule has 0 saturated carbocycles. The molecule has 0 bridgehead atoms. The van der Waals surface area contributed by atoms with Crippen molar-refractivity contribution < 1.29 is 13.6 Å². The zero-order chi connectivity index (χ0) is 19.5. The number of amides is 1. The van der Waals surface area contributed by atoms with Crippen molar-refractivity contribution in [3.63, 3.8) is 0 Å². The molecule has 2 N–H and O–H groups in total. The first-order valence-electron chi connectivity index (χ1n) is 8.06. The first-order valence-corrected chi connectivity index (χ1v) is 8.81. The monoisotopic (exact) mass is 402 g/mol. The zero-order valence-corrected chi connectivity index (χ0v) is 16.0. The summed E-state index contributed by atoms with van der Waals surface area (Å²) < 4.78 is 27.6. The van der Waals surface area contributed by atoms with Crippen molar-refractivity contribution in [2.75, 3.05) is 13.1 Å². The molecule has 1 amide bonds. The van der Waals surface area contributed by atoms with E-state index in [9.17, 15) is 13.6 Å². The minimum atomic E-state index is -0.591. The Morgan fingerprint density at radius 2 is 1.92 bits per heavy atom. The van der Waals surface area contributed by atoms with E-state index in [1.807, 2.05) is 0 Å². The number of rotatable bonds is 9. The normalized spacial score (nSPS) is 23.2. The van der Waals surface area contributed by atoms with Gasteiger partial charge in [-0.05, 0) is 56.0 Å². The van der Waals surface area contributed by atoms with Crippen molar-refractivity contribution in [2.24, 2.45) is 11.8 Å². The summed E-state index contributed by atoms with van der Waals surface area (Å²) >= 11 is 11.5. The lowest BCUT2D eigenvalue weighted by molar-refractivity contribution is -0.108. The molecule has 3 nitrogen and oxygen atoms in total. The maximum atomic E-state index is 14.0. The van der Waals surface area contributed by atoms with E-state index in [0.29, 0.717) is 25.1 Å². The third kappa shape index (κ3) is 7.68. The molecule has 1 heterocycles. The van der Waals surface area contributed by atoms with Crippen LogP contribution in [0.5, 0.6) is 0 Å². The molecular formula is C19H22Cl2F2N2O. The fraction of sp³-hybridized carbons (Fsp3) is 0.316. The van der Waals surface area contributed by atoms with Crippen LogP contribution in [0.1, 0.15) is 13.3 Å². The second kappa shape index (κ2) is 11.8. The Hall–Kier alpha value is -1.69. The summed E-state index contributed by atoms with van der Waals surface area (Å²) in [6.07, 6.45) is 9.77. The van der Waals surface area contributed by atoms with Crippen LogP contribution in [-0.2, 0) is 4.79 Å². The molecule has 1 rings (SSSR count). The molecule has 1 aliphatic rings. The van der Waals surface area contributed by atoms with Crippen molar-refractivity contribution in [1.82, 2.24) is 10.6 Å². The summed E-state index contributed by atoms with van der Waals surface area (Å²) in [5.74, 6) is -0.827. The molecule has 0 radical (unpaired) electrons. The number of allylic oxidation sites excluding steroid dienone is 10. The van der Waals surface area contributed by atoms with Crippen LogP contribution in [0.2, 0.25) is 0 Å². The predicted molar refractivity (Wildman–Crippen MR) is 104 cm³/mol. The van der Waals surface area contributed by atoms with Gasteiger partial charge in [0.05, 0.1) is 10.1 Å². The van der Waals surface area contributed by atoms with Crippen molar-refractivity contribution in [1.29, 1.82) is 0 Å². The van der Waals surface area contributed by atoms with Gasteiger partial charge >= 0.3 is 0 Å². The Labute approximate surface area is 162 Å². The molecular weight excluding hydrogens is 381 g/mol. The van der Waals surface area contributed by atoms with Crippen molar-refractivity contribution in [2.45, 2.75) is 13.3 Å². The second-order valence-corrected chi connectivity index (χ2v) is 6.58. The Balaban J connectivity index is 2.72. The van der Waals surface area contributed by atoms with Gasteiger partial charge in [0.1, 0.15) is 11.7 Å². The van der Waals surface area contributed by atoms with Crippen LogP contribution in [-0.4, -0.2) is 19.5 Å². The van der Waals surface area contributed by atoms with E-state index in [2.05, 4.69) is 17.2 Å². The van der Waals surface area contributed by atoms with E-state index in [4.69, 9.17) is 23.2 Å². The van der Waals surface area contributed by atoms with Gasteiger partial charge in [0.2, 0.25) is 6.41 Å². The van der Waals surface area contributed by atoms with Crippen LogP contribution in [0.4, 0.5) is 8.78 Å². The van der Waals surface area contributed by atoms with Gasteiger partial charge in [-0.1, -0.05) is 41.9 Å². The van der Waals surface area contributed by atoms with Crippen molar-refractivity contribution in [3.05, 3.63) is 70.5 Å². The first-order chi connectivity index (χ1) is 12.4. The van der Waals surface area contributed by atoms with Crippen LogP contribution in [0.3, 0.4) is 0 Å². The molecule has 7 heteroatoms. The van der Waals surface area contributed by atoms with Gasteiger partial charge < -0.3 is 10.6 Å². The Morgan fingerprint density at radius 3 is 2.58 bits per heavy atom. The van der Waals surface area contributed by atoms with Gasteiger partial charge in [0.25, 0.3) is 0 Å². The summed E-state index contributed by atoms with van der Waals surface area (Å²) in [6.45, 7) is 6.46. The highest BCUT2D eigenvalue weighted by Gasteiger charge is 2.23. The summed E-state index contributed by atoms with van der Waals surface area (Å²) in [7, 11) is 0. The number of hydrogen-bond donors (Lipinski definition) is 2. The quantitative estimate of drug-likeness (QED) is 0.420. The second-order valence-electron chi connectivity index (χ2n) is 5.76. The molecule has 142 valence electrons. The minimum Gasteiger partial charge on any atom is -0.333 e. The van der Waals surface area contributed by atoms with Crippen LogP contribution < -0.4 is 10.6 Å². The van der Waals surface area contributed by atoms with Gasteiger partial charge in [-0.25, -0.2) is 8.78 Å². The van der Waals surface area contributed by atoms with Gasteiger partial charge in [-0.2, -0.15) is 0 Å². The molecule has 0 aromatic heterocycles. The molecule has 1 saturated heterocycles. The SMILES string of the molecule is C=C/C(Cl)=C(F)\C=C/C[C@H]1CNC[C@H]1/C=C/C(F)=C(Cl)\C=C(/C)NC=O. The highest BCUT2D eigenvalue weighted by molar-refractivity contribution is 6.31. The highest BCUT2D eigenvalue weighted by Crippen LogP contribution is 2.25.